The number of hydrogen-bond donors (Lipinski definition) is 0. The highest BCUT2D eigenvalue weighted by Gasteiger charge is 2.27. The smallest absolute Gasteiger partial charge is 0.211 e. The molecule has 0 unspecified atom stereocenters. The SMILES string of the molecule is CCCCCC[C@@H](C=O)[C@H](C[N+](=O)[O-])c1ccccc1. The van der Waals surface area contributed by atoms with Gasteiger partial charge in [-0.25, -0.2) is 0 Å². The van der Waals surface area contributed by atoms with Gasteiger partial charge in [0.1, 0.15) is 6.29 Å². The van der Waals surface area contributed by atoms with E-state index in [-0.39, 0.29) is 23.3 Å². The molecule has 0 spiro atoms. The van der Waals surface area contributed by atoms with E-state index in [1.807, 2.05) is 30.3 Å². The number of benzene rings is 1. The van der Waals surface area contributed by atoms with Gasteiger partial charge in [-0.15, -0.1) is 0 Å². The normalized spacial score (nSPS) is 13.7. The number of carbonyl (C=O) groups excluding carboxylic acids is 1. The predicted octanol–water partition coefficient (Wildman–Crippen LogP) is 3.83. The molecule has 0 heterocycles. The first-order chi connectivity index (χ1) is 9.69. The molecule has 0 aliphatic rings. The van der Waals surface area contributed by atoms with Gasteiger partial charge in [-0.3, -0.25) is 10.1 Å². The number of hydrogen-bond acceptors (Lipinski definition) is 3. The number of aldehydes is 1. The van der Waals surface area contributed by atoms with Crippen LogP contribution in [0, 0.1) is 16.0 Å². The third-order valence-corrected chi connectivity index (χ3v) is 3.66. The van der Waals surface area contributed by atoms with Crippen LogP contribution < -0.4 is 0 Å². The van der Waals surface area contributed by atoms with Crippen LogP contribution in [0.2, 0.25) is 0 Å². The second kappa shape index (κ2) is 9.23. The Morgan fingerprint density at radius 1 is 1.20 bits per heavy atom. The maximum absolute atomic E-state index is 11.3. The zero-order chi connectivity index (χ0) is 14.8. The van der Waals surface area contributed by atoms with Crippen LogP contribution in [0.1, 0.15) is 50.5 Å². The molecule has 1 aromatic carbocycles. The van der Waals surface area contributed by atoms with Crippen LogP contribution in [0.15, 0.2) is 30.3 Å². The number of nitrogens with zero attached hydrogens (tertiary/aromatic N) is 1. The lowest BCUT2D eigenvalue weighted by atomic mass is 9.83. The molecule has 0 amide bonds. The van der Waals surface area contributed by atoms with E-state index in [0.29, 0.717) is 0 Å². The molecule has 0 aliphatic heterocycles. The molecule has 110 valence electrons. The molecular weight excluding hydrogens is 254 g/mol. The Labute approximate surface area is 120 Å². The van der Waals surface area contributed by atoms with Gasteiger partial charge >= 0.3 is 0 Å². The van der Waals surface area contributed by atoms with E-state index in [4.69, 9.17) is 0 Å². The Kier molecular flexibility index (Phi) is 7.55. The molecule has 1 rings (SSSR count). The average molecular weight is 277 g/mol. The minimum atomic E-state index is -0.319. The largest absolute Gasteiger partial charge is 0.303 e. The van der Waals surface area contributed by atoms with E-state index < -0.39 is 0 Å². The van der Waals surface area contributed by atoms with Crippen LogP contribution in [-0.4, -0.2) is 17.8 Å². The molecule has 20 heavy (non-hydrogen) atoms. The number of unbranched alkanes of at least 4 members (excludes halogenated alkanes) is 3. The van der Waals surface area contributed by atoms with Crippen molar-refractivity contribution >= 4 is 6.29 Å². The van der Waals surface area contributed by atoms with Crippen molar-refractivity contribution in [1.29, 1.82) is 0 Å². The first-order valence-electron chi connectivity index (χ1n) is 7.31. The van der Waals surface area contributed by atoms with Crippen molar-refractivity contribution in [3.63, 3.8) is 0 Å². The van der Waals surface area contributed by atoms with Crippen LogP contribution in [0.4, 0.5) is 0 Å². The fourth-order valence-electron chi connectivity index (χ4n) is 2.52. The van der Waals surface area contributed by atoms with Crippen molar-refractivity contribution < 1.29 is 9.72 Å². The van der Waals surface area contributed by atoms with Crippen molar-refractivity contribution in [2.45, 2.75) is 44.9 Å². The van der Waals surface area contributed by atoms with Gasteiger partial charge in [-0.05, 0) is 12.0 Å². The predicted molar refractivity (Wildman–Crippen MR) is 79.4 cm³/mol. The third kappa shape index (κ3) is 5.51. The first-order valence-corrected chi connectivity index (χ1v) is 7.31. The summed E-state index contributed by atoms with van der Waals surface area (Å²) in [4.78, 5) is 21.9. The van der Waals surface area contributed by atoms with Gasteiger partial charge in [0, 0.05) is 10.8 Å². The molecule has 0 aliphatic carbocycles. The molecule has 1 aromatic rings. The standard InChI is InChI=1S/C16H23NO3/c1-2-3-4-6-11-15(13-18)16(12-17(19)20)14-9-7-5-8-10-14/h5,7-10,13,15-16H,2-4,6,11-12H2,1H3/t15-,16+/m0/s1. The van der Waals surface area contributed by atoms with Gasteiger partial charge < -0.3 is 4.79 Å². The molecule has 0 aromatic heterocycles. The van der Waals surface area contributed by atoms with E-state index >= 15 is 0 Å². The molecule has 4 heteroatoms. The van der Waals surface area contributed by atoms with Crippen LogP contribution in [0.3, 0.4) is 0 Å². The van der Waals surface area contributed by atoms with Crippen molar-refractivity contribution in [1.82, 2.24) is 0 Å². The summed E-state index contributed by atoms with van der Waals surface area (Å²) in [6.07, 6.45) is 5.96. The minimum Gasteiger partial charge on any atom is -0.303 e. The van der Waals surface area contributed by atoms with Crippen molar-refractivity contribution in [3.05, 3.63) is 46.0 Å². The zero-order valence-corrected chi connectivity index (χ0v) is 12.0. The summed E-state index contributed by atoms with van der Waals surface area (Å²) in [5, 5.41) is 10.9. The summed E-state index contributed by atoms with van der Waals surface area (Å²) < 4.78 is 0. The summed E-state index contributed by atoms with van der Waals surface area (Å²) >= 11 is 0. The van der Waals surface area contributed by atoms with E-state index in [0.717, 1.165) is 44.0 Å². The lowest BCUT2D eigenvalue weighted by molar-refractivity contribution is -0.484. The van der Waals surface area contributed by atoms with Gasteiger partial charge in [-0.1, -0.05) is 62.9 Å². The monoisotopic (exact) mass is 277 g/mol. The highest BCUT2D eigenvalue weighted by molar-refractivity contribution is 5.56. The Balaban J connectivity index is 2.74. The molecule has 0 bridgehead atoms. The van der Waals surface area contributed by atoms with Crippen molar-refractivity contribution in [3.8, 4) is 0 Å². The van der Waals surface area contributed by atoms with Crippen LogP contribution in [0.5, 0.6) is 0 Å². The van der Waals surface area contributed by atoms with Gasteiger partial charge in [0.05, 0.1) is 5.92 Å². The summed E-state index contributed by atoms with van der Waals surface area (Å²) in [5.74, 6) is -0.579. The molecular formula is C16H23NO3. The van der Waals surface area contributed by atoms with Crippen LogP contribution in [-0.2, 0) is 4.79 Å². The second-order valence-corrected chi connectivity index (χ2v) is 5.18. The van der Waals surface area contributed by atoms with E-state index in [2.05, 4.69) is 6.92 Å². The van der Waals surface area contributed by atoms with E-state index in [1.165, 1.54) is 0 Å². The fraction of sp³-hybridized carbons (Fsp3) is 0.562. The van der Waals surface area contributed by atoms with Gasteiger partial charge in [0.2, 0.25) is 6.54 Å². The average Bonchev–Trinajstić information content (AvgIpc) is 2.46. The Bertz CT molecular complexity index is 405. The number of nitro groups is 1. The van der Waals surface area contributed by atoms with Crippen LogP contribution in [0.25, 0.3) is 0 Å². The molecule has 2 atom stereocenters. The van der Waals surface area contributed by atoms with E-state index in [1.54, 1.807) is 0 Å². The maximum Gasteiger partial charge on any atom is 0.211 e. The van der Waals surface area contributed by atoms with Gasteiger partial charge in [0.25, 0.3) is 0 Å². The van der Waals surface area contributed by atoms with Gasteiger partial charge in [-0.2, -0.15) is 0 Å². The molecule has 0 fully saturated rings. The summed E-state index contributed by atoms with van der Waals surface area (Å²) in [7, 11) is 0. The Morgan fingerprint density at radius 2 is 1.90 bits per heavy atom. The second-order valence-electron chi connectivity index (χ2n) is 5.18. The molecule has 0 saturated carbocycles. The third-order valence-electron chi connectivity index (χ3n) is 3.66. The Morgan fingerprint density at radius 3 is 2.45 bits per heavy atom. The lowest BCUT2D eigenvalue weighted by Gasteiger charge is -2.20. The van der Waals surface area contributed by atoms with E-state index in [9.17, 15) is 14.9 Å². The lowest BCUT2D eigenvalue weighted by Crippen LogP contribution is -2.22. The quantitative estimate of drug-likeness (QED) is 0.282. The fourth-order valence-corrected chi connectivity index (χ4v) is 2.52. The first kappa shape index (κ1) is 16.3. The van der Waals surface area contributed by atoms with Crippen molar-refractivity contribution in [2.24, 2.45) is 5.92 Å². The van der Waals surface area contributed by atoms with Gasteiger partial charge in [0.15, 0.2) is 0 Å². The number of rotatable bonds is 10. The molecule has 0 N–H and O–H groups in total. The molecule has 0 radical (unpaired) electrons. The van der Waals surface area contributed by atoms with Crippen LogP contribution >= 0.6 is 0 Å². The molecule has 4 nitrogen and oxygen atoms in total. The zero-order valence-electron chi connectivity index (χ0n) is 12.0. The summed E-state index contributed by atoms with van der Waals surface area (Å²) in [6, 6.07) is 9.35. The minimum absolute atomic E-state index is 0.179. The Hall–Kier alpha value is -1.71. The van der Waals surface area contributed by atoms with Crippen molar-refractivity contribution in [2.75, 3.05) is 6.54 Å². The maximum atomic E-state index is 11.3. The summed E-state index contributed by atoms with van der Waals surface area (Å²) in [6.45, 7) is 1.96. The number of carbonyl (C=O) groups is 1. The highest BCUT2D eigenvalue weighted by atomic mass is 16.6. The topological polar surface area (TPSA) is 60.2 Å². The highest BCUT2D eigenvalue weighted by Crippen LogP contribution is 2.28. The summed E-state index contributed by atoms with van der Waals surface area (Å²) in [5.41, 5.74) is 0.886. The molecule has 0 saturated heterocycles.